The van der Waals surface area contributed by atoms with E-state index in [0.717, 1.165) is 29.9 Å². The Balaban J connectivity index is 1.70. The number of ether oxygens (including phenoxy) is 1. The molecule has 22 heavy (non-hydrogen) atoms. The Morgan fingerprint density at radius 2 is 2.09 bits per heavy atom. The predicted molar refractivity (Wildman–Crippen MR) is 84.0 cm³/mol. The van der Waals surface area contributed by atoms with Crippen LogP contribution in [0.4, 0.5) is 0 Å². The molecule has 0 saturated heterocycles. The fourth-order valence-electron chi connectivity index (χ4n) is 3.10. The van der Waals surface area contributed by atoms with Crippen LogP contribution < -0.4 is 10.1 Å². The minimum atomic E-state index is -0.932. The maximum Gasteiger partial charge on any atom is 0.267 e. The minimum absolute atomic E-state index is 0.0759. The van der Waals surface area contributed by atoms with Gasteiger partial charge >= 0.3 is 0 Å². The number of rotatable bonds is 4. The highest BCUT2D eigenvalue weighted by Gasteiger charge is 2.43. The van der Waals surface area contributed by atoms with Crippen LogP contribution in [0.15, 0.2) is 29.4 Å². The molecule has 5 heteroatoms. The van der Waals surface area contributed by atoms with Crippen LogP contribution in [0.3, 0.4) is 0 Å². The Morgan fingerprint density at radius 1 is 1.36 bits per heavy atom. The Kier molecular flexibility index (Phi) is 4.05. The topological polar surface area (TPSA) is 59.9 Å². The van der Waals surface area contributed by atoms with Crippen LogP contribution >= 0.6 is 0 Å². The number of carbonyl (C=O) groups excluding carboxylic acids is 1. The standard InChI is InChI=1S/C17H22N2O3/c1-17(16(20)18-12-7-3-4-8-12)11-14(19-22-17)13-9-5-6-10-15(13)21-2/h5-6,9-10,12H,3-4,7-8,11H2,1-2H3,(H,18,20)/t17-/m1/s1. The summed E-state index contributed by atoms with van der Waals surface area (Å²) in [5.74, 6) is 0.665. The quantitative estimate of drug-likeness (QED) is 0.930. The first-order valence-corrected chi connectivity index (χ1v) is 7.82. The lowest BCUT2D eigenvalue weighted by Gasteiger charge is -2.23. The van der Waals surface area contributed by atoms with E-state index in [1.54, 1.807) is 14.0 Å². The van der Waals surface area contributed by atoms with Crippen LogP contribution in [-0.4, -0.2) is 30.4 Å². The van der Waals surface area contributed by atoms with Crippen molar-refractivity contribution >= 4 is 11.6 Å². The van der Waals surface area contributed by atoms with E-state index in [2.05, 4.69) is 10.5 Å². The van der Waals surface area contributed by atoms with Gasteiger partial charge in [0.2, 0.25) is 5.60 Å². The van der Waals surface area contributed by atoms with Crippen molar-refractivity contribution in [2.45, 2.75) is 50.7 Å². The fourth-order valence-corrected chi connectivity index (χ4v) is 3.10. The Morgan fingerprint density at radius 3 is 2.82 bits per heavy atom. The van der Waals surface area contributed by atoms with Crippen molar-refractivity contribution in [3.63, 3.8) is 0 Å². The van der Waals surface area contributed by atoms with Crippen molar-refractivity contribution < 1.29 is 14.4 Å². The molecule has 1 aliphatic carbocycles. The van der Waals surface area contributed by atoms with Crippen LogP contribution in [0.1, 0.15) is 44.6 Å². The van der Waals surface area contributed by atoms with Gasteiger partial charge in [0.15, 0.2) is 0 Å². The molecule has 2 aliphatic rings. The number of para-hydroxylation sites is 1. The third-order valence-electron chi connectivity index (χ3n) is 4.45. The van der Waals surface area contributed by atoms with Crippen molar-refractivity contribution in [1.29, 1.82) is 0 Å². The molecule has 1 heterocycles. The van der Waals surface area contributed by atoms with Gasteiger partial charge in [-0.1, -0.05) is 30.1 Å². The zero-order valence-corrected chi connectivity index (χ0v) is 13.1. The average molecular weight is 302 g/mol. The number of hydrogen-bond acceptors (Lipinski definition) is 4. The number of amides is 1. The van der Waals surface area contributed by atoms with Gasteiger partial charge in [0.1, 0.15) is 5.75 Å². The maximum atomic E-state index is 12.5. The lowest BCUT2D eigenvalue weighted by molar-refractivity contribution is -0.142. The predicted octanol–water partition coefficient (Wildman–Crippen LogP) is 2.64. The summed E-state index contributed by atoms with van der Waals surface area (Å²) < 4.78 is 5.36. The summed E-state index contributed by atoms with van der Waals surface area (Å²) in [7, 11) is 1.63. The molecule has 0 bridgehead atoms. The number of methoxy groups -OCH3 is 1. The van der Waals surface area contributed by atoms with Gasteiger partial charge in [0.05, 0.1) is 12.8 Å². The summed E-state index contributed by atoms with van der Waals surface area (Å²) in [4.78, 5) is 18.0. The maximum absolute atomic E-state index is 12.5. The zero-order chi connectivity index (χ0) is 15.6. The van der Waals surface area contributed by atoms with Crippen molar-refractivity contribution in [2.24, 2.45) is 5.16 Å². The van der Waals surface area contributed by atoms with E-state index in [4.69, 9.17) is 9.57 Å². The molecule has 3 rings (SSSR count). The molecule has 1 N–H and O–H groups in total. The van der Waals surface area contributed by atoms with E-state index in [1.165, 1.54) is 12.8 Å². The molecule has 0 radical (unpaired) electrons. The van der Waals surface area contributed by atoms with E-state index < -0.39 is 5.60 Å². The van der Waals surface area contributed by atoms with Gasteiger partial charge in [-0.3, -0.25) is 4.79 Å². The number of carbonyl (C=O) groups is 1. The number of nitrogens with zero attached hydrogens (tertiary/aromatic N) is 1. The first-order chi connectivity index (χ1) is 10.6. The number of benzene rings is 1. The van der Waals surface area contributed by atoms with E-state index in [1.807, 2.05) is 24.3 Å². The Labute approximate surface area is 130 Å². The monoisotopic (exact) mass is 302 g/mol. The normalized spacial score (nSPS) is 24.7. The Bertz CT molecular complexity index is 593. The van der Waals surface area contributed by atoms with Crippen molar-refractivity contribution in [3.8, 4) is 5.75 Å². The van der Waals surface area contributed by atoms with Gasteiger partial charge in [-0.25, -0.2) is 0 Å². The molecule has 1 atom stereocenters. The molecule has 1 amide bonds. The Hall–Kier alpha value is -2.04. The molecular formula is C17H22N2O3. The molecule has 1 aliphatic heterocycles. The molecule has 118 valence electrons. The summed E-state index contributed by atoms with van der Waals surface area (Å²) in [6, 6.07) is 7.93. The third-order valence-corrected chi connectivity index (χ3v) is 4.45. The van der Waals surface area contributed by atoms with Crippen LogP contribution in [0, 0.1) is 0 Å². The van der Waals surface area contributed by atoms with E-state index in [-0.39, 0.29) is 11.9 Å². The van der Waals surface area contributed by atoms with Crippen LogP contribution in [0.25, 0.3) is 0 Å². The van der Waals surface area contributed by atoms with E-state index in [9.17, 15) is 4.79 Å². The average Bonchev–Trinajstić information content (AvgIpc) is 3.17. The fraction of sp³-hybridized carbons (Fsp3) is 0.529. The first-order valence-electron chi connectivity index (χ1n) is 7.82. The number of hydrogen-bond donors (Lipinski definition) is 1. The molecule has 1 aromatic rings. The van der Waals surface area contributed by atoms with Gasteiger partial charge in [0, 0.05) is 18.0 Å². The van der Waals surface area contributed by atoms with Gasteiger partial charge in [-0.05, 0) is 31.9 Å². The minimum Gasteiger partial charge on any atom is -0.496 e. The van der Waals surface area contributed by atoms with E-state index >= 15 is 0 Å². The van der Waals surface area contributed by atoms with Crippen molar-refractivity contribution in [3.05, 3.63) is 29.8 Å². The molecule has 1 saturated carbocycles. The molecule has 5 nitrogen and oxygen atoms in total. The molecule has 0 unspecified atom stereocenters. The SMILES string of the molecule is COc1ccccc1C1=NO[C@@](C)(C(=O)NC2CCCC2)C1. The molecule has 1 aromatic carbocycles. The lowest BCUT2D eigenvalue weighted by atomic mass is 9.94. The lowest BCUT2D eigenvalue weighted by Crippen LogP contribution is -2.48. The molecule has 1 fully saturated rings. The van der Waals surface area contributed by atoms with Crippen LogP contribution in [-0.2, 0) is 9.63 Å². The summed E-state index contributed by atoms with van der Waals surface area (Å²) in [6.07, 6.45) is 4.94. The molecule has 0 spiro atoms. The highest BCUT2D eigenvalue weighted by molar-refractivity contribution is 6.07. The van der Waals surface area contributed by atoms with Gasteiger partial charge in [0.25, 0.3) is 5.91 Å². The smallest absolute Gasteiger partial charge is 0.267 e. The summed E-state index contributed by atoms with van der Waals surface area (Å²) >= 11 is 0. The summed E-state index contributed by atoms with van der Waals surface area (Å²) in [5, 5.41) is 7.23. The van der Waals surface area contributed by atoms with Gasteiger partial charge in [-0.2, -0.15) is 0 Å². The first kappa shape index (κ1) is 14.9. The third kappa shape index (κ3) is 2.80. The number of nitrogens with one attached hydrogen (secondary N) is 1. The molecule has 0 aromatic heterocycles. The van der Waals surface area contributed by atoms with Crippen LogP contribution in [0.5, 0.6) is 5.75 Å². The second kappa shape index (κ2) is 5.99. The van der Waals surface area contributed by atoms with Crippen molar-refractivity contribution in [2.75, 3.05) is 7.11 Å². The largest absolute Gasteiger partial charge is 0.496 e. The molecular weight excluding hydrogens is 280 g/mol. The van der Waals surface area contributed by atoms with Gasteiger partial charge in [-0.15, -0.1) is 0 Å². The van der Waals surface area contributed by atoms with Crippen LogP contribution in [0.2, 0.25) is 0 Å². The zero-order valence-electron chi connectivity index (χ0n) is 13.1. The van der Waals surface area contributed by atoms with E-state index in [0.29, 0.717) is 6.42 Å². The van der Waals surface area contributed by atoms with Crippen molar-refractivity contribution in [1.82, 2.24) is 5.32 Å². The summed E-state index contributed by atoms with van der Waals surface area (Å²) in [5.41, 5.74) is 0.697. The van der Waals surface area contributed by atoms with Gasteiger partial charge < -0.3 is 14.9 Å². The highest BCUT2D eigenvalue weighted by Crippen LogP contribution is 2.31. The second-order valence-electron chi connectivity index (χ2n) is 6.19. The summed E-state index contributed by atoms with van der Waals surface area (Å²) in [6.45, 7) is 1.79. The number of oxime groups is 1. The highest BCUT2D eigenvalue weighted by atomic mass is 16.7. The second-order valence-corrected chi connectivity index (χ2v) is 6.19.